The fourth-order valence-corrected chi connectivity index (χ4v) is 5.63. The summed E-state index contributed by atoms with van der Waals surface area (Å²) in [5.41, 5.74) is 6.61. The molecule has 1 unspecified atom stereocenters. The third-order valence-corrected chi connectivity index (χ3v) is 8.04. The first-order valence-electron chi connectivity index (χ1n) is 11.7. The van der Waals surface area contributed by atoms with Crippen LogP contribution in [0, 0.1) is 17.7 Å². The molecular weight excluding hydrogens is 549 g/mol. The number of rotatable bonds is 9. The maximum atomic E-state index is 13.4. The highest BCUT2D eigenvalue weighted by Gasteiger charge is 2.23. The first kappa shape index (κ1) is 28.0. The molecule has 1 amide bonds. The highest BCUT2D eigenvalue weighted by Crippen LogP contribution is 2.32. The van der Waals surface area contributed by atoms with Crippen LogP contribution in [-0.2, 0) is 21.4 Å². The van der Waals surface area contributed by atoms with Crippen LogP contribution >= 0.6 is 11.6 Å². The molecule has 2 aromatic carbocycles. The van der Waals surface area contributed by atoms with Crippen LogP contribution in [0.5, 0.6) is 5.88 Å². The van der Waals surface area contributed by atoms with Crippen LogP contribution in [0.1, 0.15) is 13.8 Å². The van der Waals surface area contributed by atoms with Crippen molar-refractivity contribution in [3.63, 3.8) is 0 Å². The number of primary amides is 1. The molecule has 0 radical (unpaired) electrons. The molecule has 2 heterocycles. The Kier molecular flexibility index (Phi) is 7.89. The second kappa shape index (κ2) is 11.0. The number of hydrogen-bond acceptors (Lipinski definition) is 7. The monoisotopic (exact) mass is 573 g/mol. The normalized spacial score (nSPS) is 12.5. The molecule has 2 aromatic heterocycles. The van der Waals surface area contributed by atoms with Crippen LogP contribution in [0.4, 0.5) is 10.1 Å². The van der Waals surface area contributed by atoms with Gasteiger partial charge in [-0.2, -0.15) is 0 Å². The van der Waals surface area contributed by atoms with Crippen LogP contribution < -0.4 is 20.8 Å². The van der Waals surface area contributed by atoms with Gasteiger partial charge in [0.15, 0.2) is 0 Å². The maximum absolute atomic E-state index is 13.4. The number of nitrogens with one attached hydrogen (secondary N) is 1. The minimum absolute atomic E-state index is 0.000296. The van der Waals surface area contributed by atoms with Gasteiger partial charge in [-0.25, -0.2) is 22.8 Å². The average molecular weight is 574 g/mol. The number of aromatic nitrogens is 3. The number of pyridine rings is 1. The van der Waals surface area contributed by atoms with Crippen LogP contribution in [0.15, 0.2) is 64.7 Å². The van der Waals surface area contributed by atoms with E-state index >= 15 is 0 Å². The van der Waals surface area contributed by atoms with Gasteiger partial charge in [-0.05, 0) is 47.9 Å². The summed E-state index contributed by atoms with van der Waals surface area (Å²) >= 11 is 5.96. The van der Waals surface area contributed by atoms with Gasteiger partial charge in [0, 0.05) is 18.3 Å². The molecule has 0 aliphatic rings. The maximum Gasteiger partial charge on any atom is 0.263 e. The Morgan fingerprint density at radius 3 is 2.54 bits per heavy atom. The SMILES string of the molecule is COc1ncc(-c2ccc3ncn(CC(C(N)=O)C(C)C)c(=O)c3c2)cc1NS(=O)(=O)c1ccc(F)cc1Cl. The number of sulfonamides is 1. The highest BCUT2D eigenvalue weighted by molar-refractivity contribution is 7.92. The number of amides is 1. The van der Waals surface area contributed by atoms with E-state index in [1.54, 1.807) is 18.2 Å². The molecular formula is C26H25ClFN5O5S. The van der Waals surface area contributed by atoms with Crippen molar-refractivity contribution < 1.29 is 22.3 Å². The van der Waals surface area contributed by atoms with E-state index in [0.717, 1.165) is 18.2 Å². The Balaban J connectivity index is 1.75. The van der Waals surface area contributed by atoms with Gasteiger partial charge >= 0.3 is 0 Å². The zero-order valence-corrected chi connectivity index (χ0v) is 22.8. The Labute approximate surface area is 228 Å². The summed E-state index contributed by atoms with van der Waals surface area (Å²) in [4.78, 5) is 33.3. The molecule has 4 rings (SSSR count). The van der Waals surface area contributed by atoms with Crippen molar-refractivity contribution in [3.05, 3.63) is 76.2 Å². The first-order valence-corrected chi connectivity index (χ1v) is 13.6. The fraction of sp³-hybridized carbons (Fsp3) is 0.231. The third kappa shape index (κ3) is 5.86. The molecule has 0 spiro atoms. The number of benzene rings is 2. The van der Waals surface area contributed by atoms with Crippen LogP contribution in [-0.4, -0.2) is 36.0 Å². The molecule has 4 aromatic rings. The number of nitrogens with zero attached hydrogens (tertiary/aromatic N) is 3. The second-order valence-electron chi connectivity index (χ2n) is 9.15. The van der Waals surface area contributed by atoms with E-state index in [1.807, 2.05) is 13.8 Å². The van der Waals surface area contributed by atoms with Crippen molar-refractivity contribution in [3.8, 4) is 17.0 Å². The predicted octanol–water partition coefficient (Wildman–Crippen LogP) is 3.82. The van der Waals surface area contributed by atoms with Gasteiger partial charge in [-0.1, -0.05) is 31.5 Å². The van der Waals surface area contributed by atoms with Crippen molar-refractivity contribution in [1.82, 2.24) is 14.5 Å². The van der Waals surface area contributed by atoms with E-state index in [9.17, 15) is 22.4 Å². The number of ether oxygens (including phenoxy) is 1. The van der Waals surface area contributed by atoms with Gasteiger partial charge < -0.3 is 10.5 Å². The van der Waals surface area contributed by atoms with E-state index in [-0.39, 0.29) is 44.9 Å². The first-order chi connectivity index (χ1) is 18.4. The molecule has 3 N–H and O–H groups in total. The van der Waals surface area contributed by atoms with Crippen LogP contribution in [0.25, 0.3) is 22.0 Å². The number of nitrogens with two attached hydrogens (primary N) is 1. The lowest BCUT2D eigenvalue weighted by Crippen LogP contribution is -2.34. The summed E-state index contributed by atoms with van der Waals surface area (Å²) in [7, 11) is -2.91. The summed E-state index contributed by atoms with van der Waals surface area (Å²) in [6.07, 6.45) is 2.84. The summed E-state index contributed by atoms with van der Waals surface area (Å²) in [5, 5.41) is -0.00190. The topological polar surface area (TPSA) is 146 Å². The number of fused-ring (bicyclic) bond motifs is 1. The number of carbonyl (C=O) groups is 1. The molecule has 0 aliphatic heterocycles. The standard InChI is InChI=1S/C26H25ClFN5O5S/c1-14(2)19(24(29)34)12-33-13-31-21-6-4-15(8-18(21)26(33)35)16-9-22(25(38-3)30-11-16)32-39(36,37)23-7-5-17(28)10-20(23)27/h4-11,13-14,19,32H,12H2,1-3H3,(H2,29,34). The fourth-order valence-electron chi connectivity index (χ4n) is 4.05. The van der Waals surface area contributed by atoms with E-state index in [1.165, 1.54) is 30.3 Å². The minimum atomic E-state index is -4.23. The molecule has 0 saturated carbocycles. The van der Waals surface area contributed by atoms with Crippen LogP contribution in [0.2, 0.25) is 5.02 Å². The molecule has 10 nitrogen and oxygen atoms in total. The molecule has 0 aliphatic carbocycles. The number of carbonyl (C=O) groups excluding carboxylic acids is 1. The van der Waals surface area contributed by atoms with Crippen molar-refractivity contribution >= 4 is 44.1 Å². The number of halogens is 2. The van der Waals surface area contributed by atoms with Gasteiger partial charge in [0.05, 0.1) is 35.3 Å². The molecule has 39 heavy (non-hydrogen) atoms. The van der Waals surface area contributed by atoms with Crippen LogP contribution in [0.3, 0.4) is 0 Å². The minimum Gasteiger partial charge on any atom is -0.480 e. The number of hydrogen-bond donors (Lipinski definition) is 2. The van der Waals surface area contributed by atoms with Crippen molar-refractivity contribution in [2.75, 3.05) is 11.8 Å². The van der Waals surface area contributed by atoms with Gasteiger partial charge in [0.1, 0.15) is 16.4 Å². The quantitative estimate of drug-likeness (QED) is 0.309. The summed E-state index contributed by atoms with van der Waals surface area (Å²) < 4.78 is 48.4. The summed E-state index contributed by atoms with van der Waals surface area (Å²) in [6.45, 7) is 3.78. The lowest BCUT2D eigenvalue weighted by atomic mass is 9.95. The average Bonchev–Trinajstić information content (AvgIpc) is 2.87. The molecule has 204 valence electrons. The summed E-state index contributed by atoms with van der Waals surface area (Å²) in [6, 6.07) is 9.37. The van der Waals surface area contributed by atoms with Crippen molar-refractivity contribution in [1.29, 1.82) is 0 Å². The van der Waals surface area contributed by atoms with E-state index in [4.69, 9.17) is 22.1 Å². The zero-order valence-electron chi connectivity index (χ0n) is 21.2. The predicted molar refractivity (Wildman–Crippen MR) is 146 cm³/mol. The second-order valence-corrected chi connectivity index (χ2v) is 11.2. The Bertz CT molecular complexity index is 1740. The number of anilines is 1. The lowest BCUT2D eigenvalue weighted by molar-refractivity contribution is -0.123. The highest BCUT2D eigenvalue weighted by atomic mass is 35.5. The number of methoxy groups -OCH3 is 1. The van der Waals surface area contributed by atoms with Gasteiger partial charge in [0.2, 0.25) is 11.8 Å². The van der Waals surface area contributed by atoms with Crippen molar-refractivity contribution in [2.45, 2.75) is 25.3 Å². The Hall–Kier alpha value is -4.03. The van der Waals surface area contributed by atoms with Crippen molar-refractivity contribution in [2.24, 2.45) is 17.6 Å². The van der Waals surface area contributed by atoms with Gasteiger partial charge in [-0.3, -0.25) is 18.9 Å². The molecule has 1 atom stereocenters. The molecule has 0 fully saturated rings. The van der Waals surface area contributed by atoms with E-state index < -0.39 is 27.7 Å². The third-order valence-electron chi connectivity index (χ3n) is 6.19. The largest absolute Gasteiger partial charge is 0.480 e. The van der Waals surface area contributed by atoms with E-state index in [2.05, 4.69) is 14.7 Å². The molecule has 13 heteroatoms. The molecule has 0 saturated heterocycles. The van der Waals surface area contributed by atoms with Gasteiger partial charge in [0.25, 0.3) is 15.6 Å². The van der Waals surface area contributed by atoms with Gasteiger partial charge in [-0.15, -0.1) is 0 Å². The summed E-state index contributed by atoms with van der Waals surface area (Å²) in [5.74, 6) is -1.84. The Morgan fingerprint density at radius 2 is 1.90 bits per heavy atom. The Morgan fingerprint density at radius 1 is 1.15 bits per heavy atom. The van der Waals surface area contributed by atoms with E-state index in [0.29, 0.717) is 16.6 Å². The molecule has 0 bridgehead atoms. The zero-order chi connectivity index (χ0) is 28.5. The smallest absolute Gasteiger partial charge is 0.263 e. The lowest BCUT2D eigenvalue weighted by Gasteiger charge is -2.18.